The third-order valence-electron chi connectivity index (χ3n) is 5.15. The Balaban J connectivity index is 3.54. The minimum absolute atomic E-state index is 0.102. The number of benzene rings is 1. The van der Waals surface area contributed by atoms with E-state index in [2.05, 4.69) is 4.74 Å². The second-order valence-electron chi connectivity index (χ2n) is 8.30. The fourth-order valence-electron chi connectivity index (χ4n) is 3.15. The summed E-state index contributed by atoms with van der Waals surface area (Å²) < 4.78 is 206. The molecule has 1 atom stereocenters. The van der Waals surface area contributed by atoms with Gasteiger partial charge in [0.1, 0.15) is 0 Å². The summed E-state index contributed by atoms with van der Waals surface area (Å²) in [7, 11) is 0.635. The molecule has 0 N–H and O–H groups in total. The van der Waals surface area contributed by atoms with Gasteiger partial charge in [0.05, 0.1) is 6.10 Å². The first-order valence-electron chi connectivity index (χ1n) is 9.77. The van der Waals surface area contributed by atoms with Gasteiger partial charge in [0.15, 0.2) is 0 Å². The van der Waals surface area contributed by atoms with Crippen molar-refractivity contribution in [1.82, 2.24) is 0 Å². The first-order valence-corrected chi connectivity index (χ1v) is 9.77. The van der Waals surface area contributed by atoms with Gasteiger partial charge in [-0.25, -0.2) is 0 Å². The fourth-order valence-corrected chi connectivity index (χ4v) is 3.15. The predicted octanol–water partition coefficient (Wildman–Crippen LogP) is 8.34. The van der Waals surface area contributed by atoms with E-state index in [0.29, 0.717) is 7.11 Å². The van der Waals surface area contributed by atoms with Crippen LogP contribution in [0, 0.1) is 5.92 Å². The Hall–Kier alpha value is -1.87. The number of rotatable bonds is 11. The molecular weight excluding hydrogens is 541 g/mol. The molecule has 0 aliphatic heterocycles. The van der Waals surface area contributed by atoms with Crippen LogP contribution in [0.4, 0.5) is 65.9 Å². The minimum Gasteiger partial charge on any atom is -0.377 e. The van der Waals surface area contributed by atoms with Gasteiger partial charge < -0.3 is 4.74 Å². The molecule has 0 bridgehead atoms. The zero-order valence-corrected chi connectivity index (χ0v) is 18.5. The Kier molecular flexibility index (Phi) is 8.74. The molecule has 210 valence electrons. The summed E-state index contributed by atoms with van der Waals surface area (Å²) in [5.41, 5.74) is -0.125. The van der Waals surface area contributed by atoms with E-state index in [0.717, 1.165) is 6.07 Å². The molecule has 0 saturated heterocycles. The third-order valence-corrected chi connectivity index (χ3v) is 5.15. The van der Waals surface area contributed by atoms with Crippen molar-refractivity contribution in [3.8, 4) is 0 Å². The van der Waals surface area contributed by atoms with E-state index >= 15 is 0 Å². The maximum Gasteiger partial charge on any atom is 0.460 e. The Labute approximate surface area is 194 Å². The van der Waals surface area contributed by atoms with Crippen LogP contribution in [0.1, 0.15) is 37.5 Å². The molecule has 36 heavy (non-hydrogen) atoms. The van der Waals surface area contributed by atoms with E-state index in [1.54, 1.807) is 13.8 Å². The highest BCUT2D eigenvalue weighted by Gasteiger charge is 2.93. The van der Waals surface area contributed by atoms with Crippen molar-refractivity contribution >= 4 is 0 Å². The van der Waals surface area contributed by atoms with Gasteiger partial charge >= 0.3 is 41.7 Å². The van der Waals surface area contributed by atoms with Crippen LogP contribution in [0.3, 0.4) is 0 Å². The molecule has 1 aromatic carbocycles. The lowest BCUT2D eigenvalue weighted by molar-refractivity contribution is -0.453. The van der Waals surface area contributed by atoms with Crippen LogP contribution in [0.25, 0.3) is 0 Å². The van der Waals surface area contributed by atoms with E-state index in [-0.39, 0.29) is 23.5 Å². The molecule has 0 aliphatic rings. The topological polar surface area (TPSA) is 9.23 Å². The standard InChI is InChI=1S/C20H19F15O/c1-10(2)8-11-6-4-5-7-12(11)13(36-3)9-14(21,22)15(23,24)16(25,26)17(27,28)18(29,30)19(31,32)20(33,34)35/h4-7,10,13H,8-9H2,1-3H3. The van der Waals surface area contributed by atoms with E-state index < -0.39 is 54.2 Å². The van der Waals surface area contributed by atoms with Gasteiger partial charge in [-0.1, -0.05) is 38.1 Å². The second-order valence-corrected chi connectivity index (χ2v) is 8.30. The summed E-state index contributed by atoms with van der Waals surface area (Å²) in [6.07, 6.45) is -12.3. The largest absolute Gasteiger partial charge is 0.460 e. The highest BCUT2D eigenvalue weighted by atomic mass is 19.4. The van der Waals surface area contributed by atoms with E-state index in [9.17, 15) is 65.9 Å². The van der Waals surface area contributed by atoms with E-state index in [1.165, 1.54) is 18.2 Å². The number of hydrogen-bond donors (Lipinski definition) is 0. The third kappa shape index (κ3) is 5.10. The lowest BCUT2D eigenvalue weighted by atomic mass is 9.87. The van der Waals surface area contributed by atoms with Crippen LogP contribution in [-0.4, -0.2) is 48.8 Å². The highest BCUT2D eigenvalue weighted by Crippen LogP contribution is 2.63. The van der Waals surface area contributed by atoms with Gasteiger partial charge in [-0.2, -0.15) is 65.9 Å². The van der Waals surface area contributed by atoms with E-state index in [1.807, 2.05) is 0 Å². The lowest BCUT2D eigenvalue weighted by Crippen LogP contribution is -2.72. The van der Waals surface area contributed by atoms with Crippen molar-refractivity contribution in [2.75, 3.05) is 7.11 Å². The summed E-state index contributed by atoms with van der Waals surface area (Å²) in [5.74, 6) is -46.8. The minimum atomic E-state index is -8.30. The van der Waals surface area contributed by atoms with Crippen LogP contribution in [-0.2, 0) is 11.2 Å². The van der Waals surface area contributed by atoms with Crippen molar-refractivity contribution in [2.24, 2.45) is 5.92 Å². The predicted molar refractivity (Wildman–Crippen MR) is 95.1 cm³/mol. The number of ether oxygens (including phenoxy) is 1. The van der Waals surface area contributed by atoms with Gasteiger partial charge in [0, 0.05) is 13.5 Å². The van der Waals surface area contributed by atoms with Crippen LogP contribution in [0.5, 0.6) is 0 Å². The van der Waals surface area contributed by atoms with Crippen molar-refractivity contribution in [3.63, 3.8) is 0 Å². The van der Waals surface area contributed by atoms with Crippen molar-refractivity contribution < 1.29 is 70.6 Å². The molecule has 0 saturated carbocycles. The molecule has 1 rings (SSSR count). The smallest absolute Gasteiger partial charge is 0.377 e. The lowest BCUT2D eigenvalue weighted by Gasteiger charge is -2.42. The molecule has 0 fully saturated rings. The first-order chi connectivity index (χ1) is 15.8. The van der Waals surface area contributed by atoms with Crippen LogP contribution < -0.4 is 0 Å². The van der Waals surface area contributed by atoms with Gasteiger partial charge in [0.25, 0.3) is 0 Å². The summed E-state index contributed by atoms with van der Waals surface area (Å²) in [6.45, 7) is 3.28. The van der Waals surface area contributed by atoms with Gasteiger partial charge in [-0.3, -0.25) is 0 Å². The first kappa shape index (κ1) is 32.2. The quantitative estimate of drug-likeness (QED) is 0.247. The summed E-state index contributed by atoms with van der Waals surface area (Å²) in [4.78, 5) is 0. The van der Waals surface area contributed by atoms with Crippen LogP contribution in [0.15, 0.2) is 24.3 Å². The SMILES string of the molecule is COC(CC(F)(F)C(F)(F)C(F)(F)C(F)(F)C(F)(F)C(F)(F)C(F)(F)F)c1ccccc1CC(C)C. The summed E-state index contributed by atoms with van der Waals surface area (Å²) in [6, 6.07) is 4.90. The number of alkyl halides is 15. The normalized spacial score (nSPS) is 16.0. The van der Waals surface area contributed by atoms with Crippen molar-refractivity contribution in [2.45, 2.75) is 74.5 Å². The zero-order valence-electron chi connectivity index (χ0n) is 18.5. The summed E-state index contributed by atoms with van der Waals surface area (Å²) >= 11 is 0. The average Bonchev–Trinajstić information content (AvgIpc) is 2.70. The van der Waals surface area contributed by atoms with Gasteiger partial charge in [-0.05, 0) is 23.5 Å². The molecule has 1 unspecified atom stereocenters. The second kappa shape index (κ2) is 9.78. The van der Waals surface area contributed by atoms with Crippen molar-refractivity contribution in [1.29, 1.82) is 0 Å². The average molecular weight is 560 g/mol. The zero-order chi connectivity index (χ0) is 28.8. The molecule has 0 heterocycles. The maximum atomic E-state index is 14.4. The number of halogens is 15. The molecule has 1 nitrogen and oxygen atoms in total. The fraction of sp³-hybridized carbons (Fsp3) is 0.700. The summed E-state index contributed by atoms with van der Waals surface area (Å²) in [5, 5.41) is 0. The maximum absolute atomic E-state index is 14.4. The molecular formula is C20H19F15O. The molecule has 0 amide bonds. The molecule has 1 aromatic rings. The van der Waals surface area contributed by atoms with Crippen LogP contribution in [0.2, 0.25) is 0 Å². The molecule has 16 heteroatoms. The Morgan fingerprint density at radius 3 is 1.47 bits per heavy atom. The monoisotopic (exact) mass is 560 g/mol. The van der Waals surface area contributed by atoms with Crippen LogP contribution >= 0.6 is 0 Å². The Morgan fingerprint density at radius 2 is 1.06 bits per heavy atom. The molecule has 0 radical (unpaired) electrons. The molecule has 0 aromatic heterocycles. The van der Waals surface area contributed by atoms with Gasteiger partial charge in [-0.15, -0.1) is 0 Å². The highest BCUT2D eigenvalue weighted by molar-refractivity contribution is 5.30. The van der Waals surface area contributed by atoms with Gasteiger partial charge in [0.2, 0.25) is 0 Å². The Morgan fingerprint density at radius 1 is 0.639 bits per heavy atom. The number of methoxy groups -OCH3 is 1. The molecule has 0 aliphatic carbocycles. The Bertz CT molecular complexity index is 889. The van der Waals surface area contributed by atoms with E-state index in [4.69, 9.17) is 0 Å². The van der Waals surface area contributed by atoms with Crippen molar-refractivity contribution in [3.05, 3.63) is 35.4 Å². The number of hydrogen-bond acceptors (Lipinski definition) is 1. The molecule has 0 spiro atoms.